The van der Waals surface area contributed by atoms with Crippen LogP contribution in [-0.2, 0) is 16.1 Å². The first-order valence-electron chi connectivity index (χ1n) is 9.28. The number of para-hydroxylation sites is 2. The van der Waals surface area contributed by atoms with Crippen molar-refractivity contribution >= 4 is 29.2 Å². The molecule has 160 valence electrons. The third-order valence-corrected chi connectivity index (χ3v) is 4.68. The van der Waals surface area contributed by atoms with Gasteiger partial charge in [0.05, 0.1) is 0 Å². The lowest BCUT2D eigenvalue weighted by atomic mass is 10.2. The Morgan fingerprint density at radius 3 is 2.32 bits per heavy atom. The average Bonchev–Trinajstić information content (AvgIpc) is 2.75. The Morgan fingerprint density at radius 1 is 0.968 bits per heavy atom. The summed E-state index contributed by atoms with van der Waals surface area (Å²) in [5.74, 6) is -3.35. The second-order valence-corrected chi connectivity index (χ2v) is 6.92. The van der Waals surface area contributed by atoms with Crippen molar-refractivity contribution in [2.45, 2.75) is 19.6 Å². The fourth-order valence-corrected chi connectivity index (χ4v) is 2.84. The molecular weight excluding hydrogens is 428 g/mol. The van der Waals surface area contributed by atoms with Crippen molar-refractivity contribution in [3.63, 3.8) is 0 Å². The molecule has 0 aromatic heterocycles. The molecule has 3 aromatic rings. The van der Waals surface area contributed by atoms with Crippen LogP contribution in [0.5, 0.6) is 5.75 Å². The largest absolute Gasteiger partial charge is 0.488 e. The van der Waals surface area contributed by atoms with E-state index >= 15 is 0 Å². The molecule has 0 aliphatic rings. The topological polar surface area (TPSA) is 64.6 Å². The highest BCUT2D eigenvalue weighted by Crippen LogP contribution is 2.23. The van der Waals surface area contributed by atoms with Gasteiger partial charge in [0.15, 0.2) is 6.10 Å². The summed E-state index contributed by atoms with van der Waals surface area (Å²) in [7, 11) is 0. The predicted molar refractivity (Wildman–Crippen MR) is 112 cm³/mol. The van der Waals surface area contributed by atoms with Crippen LogP contribution in [-0.4, -0.2) is 18.0 Å². The van der Waals surface area contributed by atoms with Crippen LogP contribution in [0.1, 0.15) is 22.8 Å². The molecule has 3 aromatic carbocycles. The lowest BCUT2D eigenvalue weighted by molar-refractivity contribution is -0.123. The average molecular weight is 446 g/mol. The number of anilines is 1. The van der Waals surface area contributed by atoms with Gasteiger partial charge in [-0.25, -0.2) is 13.6 Å². The lowest BCUT2D eigenvalue weighted by Gasteiger charge is -2.16. The lowest BCUT2D eigenvalue weighted by Crippen LogP contribution is -2.30. The van der Waals surface area contributed by atoms with Crippen LogP contribution in [0.25, 0.3) is 0 Å². The van der Waals surface area contributed by atoms with E-state index in [4.69, 9.17) is 21.1 Å². The van der Waals surface area contributed by atoms with Gasteiger partial charge in [0, 0.05) is 10.6 Å². The molecule has 1 unspecified atom stereocenters. The third kappa shape index (κ3) is 5.58. The van der Waals surface area contributed by atoms with Gasteiger partial charge in [-0.2, -0.15) is 0 Å². The number of hydrogen-bond donors (Lipinski definition) is 1. The first-order chi connectivity index (χ1) is 14.9. The molecule has 0 saturated heterocycles. The molecule has 5 nitrogen and oxygen atoms in total. The molecule has 0 aliphatic heterocycles. The molecule has 1 amide bonds. The van der Waals surface area contributed by atoms with Crippen molar-refractivity contribution in [3.05, 3.63) is 94.5 Å². The van der Waals surface area contributed by atoms with Gasteiger partial charge >= 0.3 is 5.97 Å². The highest BCUT2D eigenvalue weighted by atomic mass is 35.5. The number of halogens is 3. The number of hydrogen-bond acceptors (Lipinski definition) is 4. The SMILES string of the molecule is CC(OC(=O)c1ccccc1OCc1ccccc1Cl)C(=O)Nc1c(F)cccc1F. The minimum atomic E-state index is -1.32. The van der Waals surface area contributed by atoms with E-state index < -0.39 is 35.3 Å². The quantitative estimate of drug-likeness (QED) is 0.496. The molecule has 31 heavy (non-hydrogen) atoms. The van der Waals surface area contributed by atoms with Crippen molar-refractivity contribution < 1.29 is 27.8 Å². The fourth-order valence-electron chi connectivity index (χ4n) is 2.65. The van der Waals surface area contributed by atoms with Gasteiger partial charge in [-0.1, -0.05) is 48.0 Å². The number of esters is 1. The highest BCUT2D eigenvalue weighted by Gasteiger charge is 2.23. The Labute approximate surface area is 182 Å². The van der Waals surface area contributed by atoms with Crippen LogP contribution in [0.2, 0.25) is 5.02 Å². The molecule has 0 heterocycles. The maximum absolute atomic E-state index is 13.7. The van der Waals surface area contributed by atoms with Crippen molar-refractivity contribution in [2.75, 3.05) is 5.32 Å². The zero-order chi connectivity index (χ0) is 22.4. The second-order valence-electron chi connectivity index (χ2n) is 6.51. The Balaban J connectivity index is 1.67. The van der Waals surface area contributed by atoms with E-state index in [-0.39, 0.29) is 17.9 Å². The summed E-state index contributed by atoms with van der Waals surface area (Å²) in [6, 6.07) is 16.6. The summed E-state index contributed by atoms with van der Waals surface area (Å²) in [5.41, 5.74) is 0.206. The number of amides is 1. The number of benzene rings is 3. The molecule has 0 saturated carbocycles. The van der Waals surface area contributed by atoms with E-state index in [9.17, 15) is 18.4 Å². The van der Waals surface area contributed by atoms with Crippen LogP contribution in [0.3, 0.4) is 0 Å². The van der Waals surface area contributed by atoms with Crippen LogP contribution in [0, 0.1) is 11.6 Å². The molecule has 1 atom stereocenters. The maximum atomic E-state index is 13.7. The van der Waals surface area contributed by atoms with Crippen molar-refractivity contribution in [1.29, 1.82) is 0 Å². The standard InChI is InChI=1S/C23H18ClF2NO4/c1-14(22(28)27-21-18(25)10-6-11-19(21)26)31-23(29)16-8-3-5-12-20(16)30-13-15-7-2-4-9-17(15)24/h2-12,14H,13H2,1H3,(H,27,28). The summed E-state index contributed by atoms with van der Waals surface area (Å²) < 4.78 is 38.3. The predicted octanol–water partition coefficient (Wildman–Crippen LogP) is 5.38. The van der Waals surface area contributed by atoms with Crippen molar-refractivity contribution in [3.8, 4) is 5.75 Å². The summed E-state index contributed by atoms with van der Waals surface area (Å²) in [5, 5.41) is 2.61. The maximum Gasteiger partial charge on any atom is 0.342 e. The third-order valence-electron chi connectivity index (χ3n) is 4.31. The molecule has 3 rings (SSSR count). The molecule has 1 N–H and O–H groups in total. The first kappa shape index (κ1) is 22.2. The Hall–Kier alpha value is -3.45. The van der Waals surface area contributed by atoms with Crippen LogP contribution in [0.4, 0.5) is 14.5 Å². The molecule has 0 radical (unpaired) electrons. The number of rotatable bonds is 7. The highest BCUT2D eigenvalue weighted by molar-refractivity contribution is 6.31. The molecule has 0 aliphatic carbocycles. The first-order valence-corrected chi connectivity index (χ1v) is 9.65. The monoisotopic (exact) mass is 445 g/mol. The van der Waals surface area contributed by atoms with E-state index in [0.29, 0.717) is 5.02 Å². The number of nitrogens with one attached hydrogen (secondary N) is 1. The summed E-state index contributed by atoms with van der Waals surface area (Å²) in [6.45, 7) is 1.41. The van der Waals surface area contributed by atoms with Crippen LogP contribution < -0.4 is 10.1 Å². The minimum absolute atomic E-state index is 0.0891. The van der Waals surface area contributed by atoms with Crippen molar-refractivity contribution in [2.24, 2.45) is 0 Å². The summed E-state index contributed by atoms with van der Waals surface area (Å²) in [6.07, 6.45) is -1.32. The van der Waals surface area contributed by atoms with Gasteiger partial charge in [0.2, 0.25) is 0 Å². The molecular formula is C23H18ClF2NO4. The van der Waals surface area contributed by atoms with Crippen molar-refractivity contribution in [1.82, 2.24) is 0 Å². The van der Waals surface area contributed by atoms with E-state index in [0.717, 1.165) is 17.7 Å². The number of carbonyl (C=O) groups is 2. The van der Waals surface area contributed by atoms with Gasteiger partial charge < -0.3 is 14.8 Å². The number of ether oxygens (including phenoxy) is 2. The summed E-state index contributed by atoms with van der Waals surface area (Å²) in [4.78, 5) is 24.8. The minimum Gasteiger partial charge on any atom is -0.488 e. The van der Waals surface area contributed by atoms with E-state index in [1.165, 1.54) is 19.1 Å². The van der Waals surface area contributed by atoms with Crippen LogP contribution in [0.15, 0.2) is 66.7 Å². The van der Waals surface area contributed by atoms with Crippen LogP contribution >= 0.6 is 11.6 Å². The molecule has 0 spiro atoms. The van der Waals surface area contributed by atoms with Gasteiger partial charge in [0.1, 0.15) is 35.2 Å². The van der Waals surface area contributed by atoms with Gasteiger partial charge in [-0.3, -0.25) is 4.79 Å². The molecule has 8 heteroatoms. The molecule has 0 bridgehead atoms. The second kappa shape index (κ2) is 10.0. The van der Waals surface area contributed by atoms with E-state index in [2.05, 4.69) is 5.32 Å². The van der Waals surface area contributed by atoms with Gasteiger partial charge in [0.25, 0.3) is 5.91 Å². The Morgan fingerprint density at radius 2 is 1.61 bits per heavy atom. The zero-order valence-electron chi connectivity index (χ0n) is 16.4. The summed E-state index contributed by atoms with van der Waals surface area (Å²) >= 11 is 6.12. The van der Waals surface area contributed by atoms with Gasteiger partial charge in [-0.05, 0) is 37.3 Å². The zero-order valence-corrected chi connectivity index (χ0v) is 17.2. The number of carbonyl (C=O) groups excluding carboxylic acids is 2. The smallest absolute Gasteiger partial charge is 0.342 e. The van der Waals surface area contributed by atoms with E-state index in [1.54, 1.807) is 36.4 Å². The van der Waals surface area contributed by atoms with Gasteiger partial charge in [-0.15, -0.1) is 0 Å². The Kier molecular flexibility index (Phi) is 7.20. The Bertz CT molecular complexity index is 1090. The normalized spacial score (nSPS) is 11.5. The van der Waals surface area contributed by atoms with E-state index in [1.807, 2.05) is 6.07 Å². The molecule has 0 fully saturated rings. The fraction of sp³-hybridized carbons (Fsp3) is 0.130.